The first-order valence-corrected chi connectivity index (χ1v) is 9.26. The molecule has 0 aromatic carbocycles. The maximum atomic E-state index is 10.5. The zero-order valence-electron chi connectivity index (χ0n) is 11.8. The summed E-state index contributed by atoms with van der Waals surface area (Å²) in [6.07, 6.45) is 6.04. The standard InChI is InChI=1S/C14H26O2Si/c1-7-10-14(15)11-8-9-12(14)16-17(5,6)13(2,3)4/h7,9,15H,1,8,10-11H2,2-6H3. The Morgan fingerprint density at radius 2 is 2.12 bits per heavy atom. The second-order valence-corrected chi connectivity index (χ2v) is 11.2. The number of aliphatic hydroxyl groups is 1. The molecule has 0 heterocycles. The molecule has 1 aliphatic rings. The largest absolute Gasteiger partial charge is 0.545 e. The van der Waals surface area contributed by atoms with E-state index in [0.717, 1.165) is 18.6 Å². The molecule has 0 radical (unpaired) electrons. The van der Waals surface area contributed by atoms with Gasteiger partial charge in [0.1, 0.15) is 11.4 Å². The fourth-order valence-corrected chi connectivity index (χ4v) is 2.89. The lowest BCUT2D eigenvalue weighted by molar-refractivity contribution is 0.0450. The highest BCUT2D eigenvalue weighted by Gasteiger charge is 2.44. The number of hydrogen-bond donors (Lipinski definition) is 1. The molecule has 0 aliphatic heterocycles. The van der Waals surface area contributed by atoms with Crippen LogP contribution in [0.1, 0.15) is 40.0 Å². The van der Waals surface area contributed by atoms with Crippen molar-refractivity contribution in [2.75, 3.05) is 0 Å². The van der Waals surface area contributed by atoms with Gasteiger partial charge in [0.15, 0.2) is 0 Å². The van der Waals surface area contributed by atoms with Crippen molar-refractivity contribution in [1.82, 2.24) is 0 Å². The molecule has 0 aromatic rings. The minimum atomic E-state index is -1.85. The molecule has 1 aliphatic carbocycles. The molecule has 0 amide bonds. The van der Waals surface area contributed by atoms with E-state index in [1.165, 1.54) is 0 Å². The Kier molecular flexibility index (Phi) is 3.94. The Bertz CT molecular complexity index is 326. The molecule has 1 unspecified atom stereocenters. The van der Waals surface area contributed by atoms with Crippen LogP contribution >= 0.6 is 0 Å². The first-order chi connectivity index (χ1) is 7.62. The van der Waals surface area contributed by atoms with Gasteiger partial charge in [0.25, 0.3) is 0 Å². The lowest BCUT2D eigenvalue weighted by Crippen LogP contribution is -2.43. The first kappa shape index (κ1) is 14.5. The van der Waals surface area contributed by atoms with E-state index in [-0.39, 0.29) is 5.04 Å². The van der Waals surface area contributed by atoms with Gasteiger partial charge in [-0.25, -0.2) is 0 Å². The molecule has 0 aromatic heterocycles. The Labute approximate surface area is 107 Å². The van der Waals surface area contributed by atoms with Crippen molar-refractivity contribution in [2.24, 2.45) is 0 Å². The van der Waals surface area contributed by atoms with E-state index >= 15 is 0 Å². The van der Waals surface area contributed by atoms with Gasteiger partial charge in [-0.3, -0.25) is 0 Å². The quantitative estimate of drug-likeness (QED) is 0.607. The number of rotatable bonds is 4. The molecule has 3 heteroatoms. The predicted octanol–water partition coefficient (Wildman–Crippen LogP) is 3.99. The van der Waals surface area contributed by atoms with Crippen LogP contribution in [-0.2, 0) is 4.43 Å². The first-order valence-electron chi connectivity index (χ1n) is 6.35. The van der Waals surface area contributed by atoms with E-state index in [4.69, 9.17) is 4.43 Å². The molecular formula is C14H26O2Si. The van der Waals surface area contributed by atoms with Gasteiger partial charge < -0.3 is 9.53 Å². The Morgan fingerprint density at radius 1 is 1.53 bits per heavy atom. The summed E-state index contributed by atoms with van der Waals surface area (Å²) in [5.41, 5.74) is -0.808. The Morgan fingerprint density at radius 3 is 2.59 bits per heavy atom. The van der Waals surface area contributed by atoms with Crippen molar-refractivity contribution in [3.05, 3.63) is 24.5 Å². The van der Waals surface area contributed by atoms with Gasteiger partial charge >= 0.3 is 0 Å². The van der Waals surface area contributed by atoms with Gasteiger partial charge in [0.2, 0.25) is 8.32 Å². The van der Waals surface area contributed by atoms with Crippen molar-refractivity contribution < 1.29 is 9.53 Å². The third kappa shape index (κ3) is 3.02. The molecule has 2 nitrogen and oxygen atoms in total. The second-order valence-electron chi connectivity index (χ2n) is 6.49. The highest BCUT2D eigenvalue weighted by molar-refractivity contribution is 6.74. The zero-order valence-corrected chi connectivity index (χ0v) is 12.8. The van der Waals surface area contributed by atoms with Gasteiger partial charge in [-0.05, 0) is 37.0 Å². The molecule has 0 bridgehead atoms. The normalized spacial score (nSPS) is 25.6. The van der Waals surface area contributed by atoms with Crippen LogP contribution in [0.4, 0.5) is 0 Å². The van der Waals surface area contributed by atoms with Gasteiger partial charge in [0.05, 0.1) is 0 Å². The lowest BCUT2D eigenvalue weighted by Gasteiger charge is -2.40. The van der Waals surface area contributed by atoms with Gasteiger partial charge in [-0.1, -0.05) is 26.8 Å². The maximum Gasteiger partial charge on any atom is 0.250 e. The van der Waals surface area contributed by atoms with E-state index < -0.39 is 13.9 Å². The van der Waals surface area contributed by atoms with Crippen LogP contribution in [-0.4, -0.2) is 19.0 Å². The zero-order chi connectivity index (χ0) is 13.3. The van der Waals surface area contributed by atoms with E-state index in [0.29, 0.717) is 6.42 Å². The van der Waals surface area contributed by atoms with E-state index in [1.807, 2.05) is 6.08 Å². The van der Waals surface area contributed by atoms with Crippen LogP contribution in [0.2, 0.25) is 18.1 Å². The summed E-state index contributed by atoms with van der Waals surface area (Å²) >= 11 is 0. The monoisotopic (exact) mass is 254 g/mol. The summed E-state index contributed by atoms with van der Waals surface area (Å²) in [6.45, 7) is 14.8. The van der Waals surface area contributed by atoms with Crippen LogP contribution in [0, 0.1) is 0 Å². The molecule has 0 saturated heterocycles. The van der Waals surface area contributed by atoms with Crippen molar-refractivity contribution in [3.63, 3.8) is 0 Å². The predicted molar refractivity (Wildman–Crippen MR) is 75.4 cm³/mol. The summed E-state index contributed by atoms with van der Waals surface area (Å²) < 4.78 is 6.23. The van der Waals surface area contributed by atoms with Crippen molar-refractivity contribution in [3.8, 4) is 0 Å². The SMILES string of the molecule is C=CCC1(O)CCC=C1O[Si](C)(C)C(C)(C)C. The molecule has 17 heavy (non-hydrogen) atoms. The van der Waals surface area contributed by atoms with Gasteiger partial charge in [-0.15, -0.1) is 6.58 Å². The Balaban J connectivity index is 2.85. The number of allylic oxidation sites excluding steroid dienone is 1. The van der Waals surface area contributed by atoms with Crippen molar-refractivity contribution in [2.45, 2.75) is 63.8 Å². The molecule has 0 fully saturated rings. The lowest BCUT2D eigenvalue weighted by atomic mass is 9.98. The second kappa shape index (κ2) is 4.62. The molecule has 1 atom stereocenters. The average molecular weight is 254 g/mol. The maximum absolute atomic E-state index is 10.5. The summed E-state index contributed by atoms with van der Waals surface area (Å²) in [7, 11) is -1.85. The fraction of sp³-hybridized carbons (Fsp3) is 0.714. The summed E-state index contributed by atoms with van der Waals surface area (Å²) in [4.78, 5) is 0. The molecule has 98 valence electrons. The molecular weight excluding hydrogens is 228 g/mol. The van der Waals surface area contributed by atoms with Crippen molar-refractivity contribution in [1.29, 1.82) is 0 Å². The Hall–Kier alpha value is -0.543. The van der Waals surface area contributed by atoms with E-state index in [1.54, 1.807) is 6.08 Å². The van der Waals surface area contributed by atoms with E-state index in [2.05, 4.69) is 40.4 Å². The topological polar surface area (TPSA) is 29.5 Å². The molecule has 1 rings (SSSR count). The van der Waals surface area contributed by atoms with Crippen LogP contribution in [0.15, 0.2) is 24.5 Å². The molecule has 1 N–H and O–H groups in total. The fourth-order valence-electron chi connectivity index (χ4n) is 1.76. The van der Waals surface area contributed by atoms with Crippen LogP contribution < -0.4 is 0 Å². The minimum absolute atomic E-state index is 0.158. The molecule has 0 spiro atoms. The number of hydrogen-bond acceptors (Lipinski definition) is 2. The van der Waals surface area contributed by atoms with Crippen molar-refractivity contribution >= 4 is 8.32 Å². The van der Waals surface area contributed by atoms with E-state index in [9.17, 15) is 5.11 Å². The third-order valence-electron chi connectivity index (χ3n) is 4.00. The van der Waals surface area contributed by atoms with Crippen LogP contribution in [0.25, 0.3) is 0 Å². The highest BCUT2D eigenvalue weighted by atomic mass is 28.4. The van der Waals surface area contributed by atoms with Gasteiger partial charge in [-0.2, -0.15) is 0 Å². The van der Waals surface area contributed by atoms with Crippen LogP contribution in [0.3, 0.4) is 0 Å². The third-order valence-corrected chi connectivity index (χ3v) is 8.34. The average Bonchev–Trinajstić information content (AvgIpc) is 2.46. The van der Waals surface area contributed by atoms with Crippen LogP contribution in [0.5, 0.6) is 0 Å². The van der Waals surface area contributed by atoms with Gasteiger partial charge in [0, 0.05) is 6.42 Å². The summed E-state index contributed by atoms with van der Waals surface area (Å²) in [6, 6.07) is 0. The summed E-state index contributed by atoms with van der Waals surface area (Å²) in [5, 5.41) is 10.7. The minimum Gasteiger partial charge on any atom is -0.545 e. The molecule has 0 saturated carbocycles. The summed E-state index contributed by atoms with van der Waals surface area (Å²) in [5.74, 6) is 0.781. The smallest absolute Gasteiger partial charge is 0.250 e. The highest BCUT2D eigenvalue weighted by Crippen LogP contribution is 2.42.